The number of nitrogens with one attached hydrogen (secondary N) is 1. The molecule has 0 aliphatic rings. The predicted octanol–water partition coefficient (Wildman–Crippen LogP) is 3.77. The maximum absolute atomic E-state index is 13.0. The molecule has 20 heavy (non-hydrogen) atoms. The predicted molar refractivity (Wildman–Crippen MR) is 89.0 cm³/mol. The summed E-state index contributed by atoms with van der Waals surface area (Å²) in [7, 11) is 0. The maximum atomic E-state index is 13.0. The Bertz CT molecular complexity index is 451. The molecule has 1 rings (SSSR count). The molecule has 1 aromatic rings. The van der Waals surface area contributed by atoms with Gasteiger partial charge in [-0.1, -0.05) is 13.8 Å². The Hall–Kier alpha value is -0.690. The molecule has 0 saturated carbocycles. The monoisotopic (exact) mass is 392 g/mol. The van der Waals surface area contributed by atoms with Crippen LogP contribution in [-0.2, 0) is 4.79 Å². The van der Waals surface area contributed by atoms with Gasteiger partial charge in [0.15, 0.2) is 0 Å². The molecule has 0 saturated heterocycles. The van der Waals surface area contributed by atoms with Crippen LogP contribution in [0.4, 0.5) is 10.1 Å². The minimum atomic E-state index is -0.296. The molecule has 0 radical (unpaired) electrons. The highest BCUT2D eigenvalue weighted by Gasteiger charge is 2.15. The van der Waals surface area contributed by atoms with Gasteiger partial charge in [0.05, 0.1) is 5.69 Å². The first-order valence-electron chi connectivity index (χ1n) is 6.89. The first kappa shape index (κ1) is 17.4. The summed E-state index contributed by atoms with van der Waals surface area (Å²) in [5.74, 6) is 0.669. The Kier molecular flexibility index (Phi) is 7.43. The van der Waals surface area contributed by atoms with Gasteiger partial charge in [0, 0.05) is 9.99 Å². The van der Waals surface area contributed by atoms with E-state index >= 15 is 0 Å². The van der Waals surface area contributed by atoms with E-state index in [0.717, 1.165) is 12.8 Å². The molecule has 0 aliphatic carbocycles. The van der Waals surface area contributed by atoms with Gasteiger partial charge in [0.25, 0.3) is 0 Å². The molecular formula is C15H22FIN2O. The lowest BCUT2D eigenvalue weighted by atomic mass is 9.88. The molecule has 3 nitrogen and oxygen atoms in total. The molecule has 0 heterocycles. The van der Waals surface area contributed by atoms with Crippen LogP contribution in [0.2, 0.25) is 0 Å². The largest absolute Gasteiger partial charge is 0.330 e. The van der Waals surface area contributed by atoms with E-state index in [1.807, 2.05) is 22.6 Å². The lowest BCUT2D eigenvalue weighted by Gasteiger charge is -2.19. The number of hydrogen-bond acceptors (Lipinski definition) is 2. The zero-order valence-corrected chi connectivity index (χ0v) is 14.1. The van der Waals surface area contributed by atoms with Gasteiger partial charge in [-0.2, -0.15) is 0 Å². The van der Waals surface area contributed by atoms with E-state index in [0.29, 0.717) is 34.1 Å². The summed E-state index contributed by atoms with van der Waals surface area (Å²) in [5, 5.41) is 2.83. The highest BCUT2D eigenvalue weighted by molar-refractivity contribution is 14.1. The van der Waals surface area contributed by atoms with Crippen molar-refractivity contribution < 1.29 is 9.18 Å². The number of anilines is 1. The van der Waals surface area contributed by atoms with Gasteiger partial charge in [0.2, 0.25) is 5.91 Å². The summed E-state index contributed by atoms with van der Waals surface area (Å²) < 4.78 is 13.7. The van der Waals surface area contributed by atoms with Crippen molar-refractivity contribution in [2.75, 3.05) is 11.9 Å². The molecule has 0 aliphatic heterocycles. The van der Waals surface area contributed by atoms with Crippen LogP contribution in [0.15, 0.2) is 18.2 Å². The molecular weight excluding hydrogens is 370 g/mol. The van der Waals surface area contributed by atoms with E-state index in [2.05, 4.69) is 19.2 Å². The normalized spacial score (nSPS) is 12.5. The highest BCUT2D eigenvalue weighted by atomic mass is 127. The van der Waals surface area contributed by atoms with E-state index in [-0.39, 0.29) is 11.7 Å². The number of halogens is 2. The van der Waals surface area contributed by atoms with Gasteiger partial charge in [-0.3, -0.25) is 4.79 Å². The maximum Gasteiger partial charge on any atom is 0.224 e. The second-order valence-electron chi connectivity index (χ2n) is 5.29. The zero-order valence-electron chi connectivity index (χ0n) is 12.0. The number of amides is 1. The minimum absolute atomic E-state index is 0.0304. The summed E-state index contributed by atoms with van der Waals surface area (Å²) in [6, 6.07) is 4.35. The lowest BCUT2D eigenvalue weighted by Crippen LogP contribution is -2.18. The van der Waals surface area contributed by atoms with Gasteiger partial charge in [-0.05, 0) is 72.0 Å². The summed E-state index contributed by atoms with van der Waals surface area (Å²) in [6.45, 7) is 4.96. The Morgan fingerprint density at radius 1 is 1.40 bits per heavy atom. The van der Waals surface area contributed by atoms with Crippen LogP contribution in [0.3, 0.4) is 0 Å². The van der Waals surface area contributed by atoms with Crippen molar-refractivity contribution >= 4 is 34.2 Å². The summed E-state index contributed by atoms with van der Waals surface area (Å²) in [6.07, 6.45) is 2.24. The van der Waals surface area contributed by atoms with Crippen LogP contribution in [0.5, 0.6) is 0 Å². The Morgan fingerprint density at radius 3 is 2.65 bits per heavy atom. The topological polar surface area (TPSA) is 55.1 Å². The first-order valence-corrected chi connectivity index (χ1v) is 7.97. The lowest BCUT2D eigenvalue weighted by molar-refractivity contribution is -0.116. The van der Waals surface area contributed by atoms with Gasteiger partial charge < -0.3 is 11.1 Å². The Morgan fingerprint density at radius 2 is 2.10 bits per heavy atom. The van der Waals surface area contributed by atoms with Gasteiger partial charge in [-0.15, -0.1) is 0 Å². The van der Waals surface area contributed by atoms with E-state index in [1.54, 1.807) is 6.07 Å². The second-order valence-corrected chi connectivity index (χ2v) is 6.45. The van der Waals surface area contributed by atoms with Crippen molar-refractivity contribution in [2.24, 2.45) is 17.6 Å². The Labute approximate surface area is 133 Å². The SMILES string of the molecule is CC(C)C(CCN)CCC(=O)Nc1ccc(F)cc1I. The van der Waals surface area contributed by atoms with Crippen LogP contribution in [-0.4, -0.2) is 12.5 Å². The van der Waals surface area contributed by atoms with Crippen molar-refractivity contribution in [3.8, 4) is 0 Å². The van der Waals surface area contributed by atoms with E-state index in [1.165, 1.54) is 12.1 Å². The molecule has 0 bridgehead atoms. The first-order chi connectivity index (χ1) is 9.43. The second kappa shape index (κ2) is 8.56. The van der Waals surface area contributed by atoms with Crippen LogP contribution in [0, 0.1) is 21.2 Å². The van der Waals surface area contributed by atoms with Crippen molar-refractivity contribution in [1.82, 2.24) is 0 Å². The average molecular weight is 392 g/mol. The van der Waals surface area contributed by atoms with Crippen molar-refractivity contribution in [3.05, 3.63) is 27.6 Å². The van der Waals surface area contributed by atoms with Crippen molar-refractivity contribution in [2.45, 2.75) is 33.1 Å². The molecule has 0 aromatic heterocycles. The minimum Gasteiger partial charge on any atom is -0.330 e. The molecule has 5 heteroatoms. The number of hydrogen-bond donors (Lipinski definition) is 2. The number of benzene rings is 1. The molecule has 3 N–H and O–H groups in total. The van der Waals surface area contributed by atoms with Crippen molar-refractivity contribution in [1.29, 1.82) is 0 Å². The van der Waals surface area contributed by atoms with E-state index < -0.39 is 0 Å². The van der Waals surface area contributed by atoms with Gasteiger partial charge in [0.1, 0.15) is 5.82 Å². The number of carbonyl (C=O) groups is 1. The molecule has 0 spiro atoms. The molecule has 112 valence electrons. The highest BCUT2D eigenvalue weighted by Crippen LogP contribution is 2.22. The third kappa shape index (κ3) is 5.75. The van der Waals surface area contributed by atoms with Crippen LogP contribution in [0.1, 0.15) is 33.1 Å². The fourth-order valence-electron chi connectivity index (χ4n) is 2.15. The molecule has 1 atom stereocenters. The van der Waals surface area contributed by atoms with Crippen LogP contribution in [0.25, 0.3) is 0 Å². The van der Waals surface area contributed by atoms with Crippen molar-refractivity contribution in [3.63, 3.8) is 0 Å². The fourth-order valence-corrected chi connectivity index (χ4v) is 2.76. The zero-order chi connectivity index (χ0) is 15.1. The number of rotatable bonds is 7. The Balaban J connectivity index is 2.51. The van der Waals surface area contributed by atoms with Crippen LogP contribution < -0.4 is 11.1 Å². The van der Waals surface area contributed by atoms with E-state index in [4.69, 9.17) is 5.73 Å². The number of nitrogens with two attached hydrogens (primary N) is 1. The fraction of sp³-hybridized carbons (Fsp3) is 0.533. The smallest absolute Gasteiger partial charge is 0.224 e. The number of carbonyl (C=O) groups excluding carboxylic acids is 1. The van der Waals surface area contributed by atoms with Gasteiger partial charge in [-0.25, -0.2) is 4.39 Å². The third-order valence-corrected chi connectivity index (χ3v) is 4.32. The summed E-state index contributed by atoms with van der Waals surface area (Å²) in [4.78, 5) is 11.9. The quantitative estimate of drug-likeness (QED) is 0.695. The van der Waals surface area contributed by atoms with Crippen LogP contribution >= 0.6 is 22.6 Å². The molecule has 1 amide bonds. The van der Waals surface area contributed by atoms with Gasteiger partial charge >= 0.3 is 0 Å². The standard InChI is InChI=1S/C15H22FIN2O/c1-10(2)11(7-8-18)3-6-15(20)19-14-5-4-12(16)9-13(14)17/h4-5,9-11H,3,6-8,18H2,1-2H3,(H,19,20). The van der Waals surface area contributed by atoms with E-state index in [9.17, 15) is 9.18 Å². The summed E-state index contributed by atoms with van der Waals surface area (Å²) in [5.41, 5.74) is 6.26. The summed E-state index contributed by atoms with van der Waals surface area (Å²) >= 11 is 2.01. The third-order valence-electron chi connectivity index (χ3n) is 3.43. The average Bonchev–Trinajstić information content (AvgIpc) is 2.37. The molecule has 1 unspecified atom stereocenters. The molecule has 1 aromatic carbocycles. The molecule has 0 fully saturated rings.